The molecule has 1 fully saturated rings. The van der Waals surface area contributed by atoms with Crippen LogP contribution in [-0.4, -0.2) is 47.4 Å². The normalized spacial score (nSPS) is 20.6. The quantitative estimate of drug-likeness (QED) is 0.866. The van der Waals surface area contributed by atoms with Crippen molar-refractivity contribution in [1.29, 1.82) is 0 Å². The molecule has 26 heavy (non-hydrogen) atoms. The van der Waals surface area contributed by atoms with Crippen molar-refractivity contribution in [2.45, 2.75) is 64.7 Å². The van der Waals surface area contributed by atoms with E-state index in [1.54, 1.807) is 4.90 Å². The van der Waals surface area contributed by atoms with Gasteiger partial charge in [-0.05, 0) is 47.1 Å². The number of nitrogens with one attached hydrogen (secondary N) is 1. The standard InChI is InChI=1S/C20H30N2O4/c1-19(2,3)25-17(23)21-16-13-22(18(24)26-20(4,5)6)12-15(16)14-10-8-7-9-11-14/h7-11,15-16H,12-13H2,1-6H3,(H,21,23)/t15-,16+/m0/s1. The van der Waals surface area contributed by atoms with Crippen LogP contribution in [0.4, 0.5) is 9.59 Å². The third-order valence-corrected chi connectivity index (χ3v) is 3.90. The third kappa shape index (κ3) is 5.93. The maximum absolute atomic E-state index is 12.5. The summed E-state index contributed by atoms with van der Waals surface area (Å²) in [6.07, 6.45) is -0.846. The molecule has 1 heterocycles. The minimum absolute atomic E-state index is 0.0174. The molecule has 2 rings (SSSR count). The summed E-state index contributed by atoms with van der Waals surface area (Å²) in [6.45, 7) is 11.9. The van der Waals surface area contributed by atoms with Gasteiger partial charge in [0.2, 0.25) is 0 Å². The number of rotatable bonds is 2. The van der Waals surface area contributed by atoms with E-state index < -0.39 is 17.3 Å². The number of ether oxygens (including phenoxy) is 2. The van der Waals surface area contributed by atoms with E-state index in [1.807, 2.05) is 71.9 Å². The molecule has 1 aliphatic heterocycles. The SMILES string of the molecule is CC(C)(C)OC(=O)N[C@@H]1CN(C(=O)OC(C)(C)C)C[C@H]1c1ccccc1. The van der Waals surface area contributed by atoms with E-state index in [2.05, 4.69) is 5.32 Å². The van der Waals surface area contributed by atoms with Gasteiger partial charge in [0.25, 0.3) is 0 Å². The molecular weight excluding hydrogens is 332 g/mol. The molecule has 2 amide bonds. The zero-order chi connectivity index (χ0) is 19.5. The second-order valence-electron chi connectivity index (χ2n) is 8.66. The Labute approximate surface area is 155 Å². The fraction of sp³-hybridized carbons (Fsp3) is 0.600. The second-order valence-corrected chi connectivity index (χ2v) is 8.66. The molecule has 0 saturated carbocycles. The lowest BCUT2D eigenvalue weighted by Gasteiger charge is -2.25. The molecule has 1 aromatic rings. The number of alkyl carbamates (subject to hydrolysis) is 1. The van der Waals surface area contributed by atoms with Crippen LogP contribution in [0.1, 0.15) is 53.0 Å². The Bertz CT molecular complexity index is 631. The molecule has 1 aliphatic rings. The Morgan fingerprint density at radius 2 is 1.54 bits per heavy atom. The van der Waals surface area contributed by atoms with Gasteiger partial charge in [-0.25, -0.2) is 9.59 Å². The van der Waals surface area contributed by atoms with Gasteiger partial charge in [-0.1, -0.05) is 30.3 Å². The van der Waals surface area contributed by atoms with E-state index in [4.69, 9.17) is 9.47 Å². The summed E-state index contributed by atoms with van der Waals surface area (Å²) < 4.78 is 10.9. The van der Waals surface area contributed by atoms with Crippen LogP contribution < -0.4 is 5.32 Å². The molecule has 0 aliphatic carbocycles. The van der Waals surface area contributed by atoms with Gasteiger partial charge < -0.3 is 19.7 Å². The van der Waals surface area contributed by atoms with E-state index in [-0.39, 0.29) is 18.1 Å². The number of amides is 2. The van der Waals surface area contributed by atoms with Gasteiger partial charge in [0, 0.05) is 19.0 Å². The zero-order valence-corrected chi connectivity index (χ0v) is 16.5. The van der Waals surface area contributed by atoms with Crippen LogP contribution in [0.5, 0.6) is 0 Å². The molecule has 1 saturated heterocycles. The Kier molecular flexibility index (Phi) is 5.84. The van der Waals surface area contributed by atoms with E-state index >= 15 is 0 Å². The molecule has 0 unspecified atom stereocenters. The van der Waals surface area contributed by atoms with Gasteiger partial charge in [0.1, 0.15) is 11.2 Å². The number of benzene rings is 1. The maximum atomic E-state index is 12.5. The first-order chi connectivity index (χ1) is 11.9. The summed E-state index contributed by atoms with van der Waals surface area (Å²) >= 11 is 0. The van der Waals surface area contributed by atoms with Crippen molar-refractivity contribution in [1.82, 2.24) is 10.2 Å². The lowest BCUT2D eigenvalue weighted by atomic mass is 9.94. The molecule has 0 spiro atoms. The summed E-state index contributed by atoms with van der Waals surface area (Å²) in [4.78, 5) is 26.3. The van der Waals surface area contributed by atoms with E-state index in [9.17, 15) is 9.59 Å². The predicted molar refractivity (Wildman–Crippen MR) is 100 cm³/mol. The summed E-state index contributed by atoms with van der Waals surface area (Å²) in [7, 11) is 0. The van der Waals surface area contributed by atoms with E-state index in [0.717, 1.165) is 5.56 Å². The molecule has 1 aromatic carbocycles. The zero-order valence-electron chi connectivity index (χ0n) is 16.5. The smallest absolute Gasteiger partial charge is 0.410 e. The highest BCUT2D eigenvalue weighted by atomic mass is 16.6. The minimum atomic E-state index is -0.574. The van der Waals surface area contributed by atoms with Crippen LogP contribution in [0.3, 0.4) is 0 Å². The molecule has 1 N–H and O–H groups in total. The first kappa shape index (κ1) is 20.1. The van der Waals surface area contributed by atoms with Gasteiger partial charge in [-0.15, -0.1) is 0 Å². The van der Waals surface area contributed by atoms with E-state index in [0.29, 0.717) is 13.1 Å². The van der Waals surface area contributed by atoms with Crippen molar-refractivity contribution in [3.63, 3.8) is 0 Å². The molecule has 0 aromatic heterocycles. The first-order valence-electron chi connectivity index (χ1n) is 8.97. The maximum Gasteiger partial charge on any atom is 0.410 e. The average Bonchev–Trinajstić information content (AvgIpc) is 2.88. The van der Waals surface area contributed by atoms with Crippen LogP contribution in [0.25, 0.3) is 0 Å². The Balaban J connectivity index is 2.14. The number of hydrogen-bond acceptors (Lipinski definition) is 4. The monoisotopic (exact) mass is 362 g/mol. The van der Waals surface area contributed by atoms with Gasteiger partial charge in [0.15, 0.2) is 0 Å². The molecule has 0 radical (unpaired) electrons. The van der Waals surface area contributed by atoms with Gasteiger partial charge in [0.05, 0.1) is 6.04 Å². The van der Waals surface area contributed by atoms with Crippen LogP contribution in [0.2, 0.25) is 0 Å². The molecule has 6 heteroatoms. The Hall–Kier alpha value is -2.24. The van der Waals surface area contributed by atoms with Crippen molar-refractivity contribution in [2.75, 3.05) is 13.1 Å². The van der Waals surface area contributed by atoms with Gasteiger partial charge >= 0.3 is 12.2 Å². The second kappa shape index (κ2) is 7.56. The van der Waals surface area contributed by atoms with Crippen molar-refractivity contribution >= 4 is 12.2 Å². The van der Waals surface area contributed by atoms with Crippen molar-refractivity contribution in [3.8, 4) is 0 Å². The van der Waals surface area contributed by atoms with Crippen molar-refractivity contribution in [2.24, 2.45) is 0 Å². The average molecular weight is 362 g/mol. The van der Waals surface area contributed by atoms with Crippen LogP contribution in [0.15, 0.2) is 30.3 Å². The molecular formula is C20H30N2O4. The molecule has 144 valence electrons. The number of carbonyl (C=O) groups is 2. The number of nitrogens with zero attached hydrogens (tertiary/aromatic N) is 1. The van der Waals surface area contributed by atoms with Crippen molar-refractivity contribution in [3.05, 3.63) is 35.9 Å². The number of hydrogen-bond donors (Lipinski definition) is 1. The number of carbonyl (C=O) groups excluding carboxylic acids is 2. The van der Waals surface area contributed by atoms with Crippen molar-refractivity contribution < 1.29 is 19.1 Å². The topological polar surface area (TPSA) is 67.9 Å². The highest BCUT2D eigenvalue weighted by Crippen LogP contribution is 2.29. The molecule has 2 atom stereocenters. The fourth-order valence-electron chi connectivity index (χ4n) is 2.92. The van der Waals surface area contributed by atoms with Crippen LogP contribution >= 0.6 is 0 Å². The van der Waals surface area contributed by atoms with Gasteiger partial charge in [-0.3, -0.25) is 0 Å². The van der Waals surface area contributed by atoms with E-state index in [1.165, 1.54) is 0 Å². The lowest BCUT2D eigenvalue weighted by Crippen LogP contribution is -2.43. The van der Waals surface area contributed by atoms with Crippen LogP contribution in [-0.2, 0) is 9.47 Å². The summed E-state index contributed by atoms with van der Waals surface area (Å²) in [6, 6.07) is 9.63. The predicted octanol–water partition coefficient (Wildman–Crippen LogP) is 3.91. The number of likely N-dealkylation sites (tertiary alicyclic amines) is 1. The molecule has 6 nitrogen and oxygen atoms in total. The Morgan fingerprint density at radius 3 is 2.08 bits per heavy atom. The van der Waals surface area contributed by atoms with Crippen LogP contribution in [0, 0.1) is 0 Å². The minimum Gasteiger partial charge on any atom is -0.444 e. The highest BCUT2D eigenvalue weighted by Gasteiger charge is 2.39. The molecule has 0 bridgehead atoms. The lowest BCUT2D eigenvalue weighted by molar-refractivity contribution is 0.0281. The summed E-state index contributed by atoms with van der Waals surface area (Å²) in [5.41, 5.74) is -0.0641. The third-order valence-electron chi connectivity index (χ3n) is 3.90. The highest BCUT2D eigenvalue weighted by molar-refractivity contribution is 5.71. The summed E-state index contributed by atoms with van der Waals surface area (Å²) in [5, 5.41) is 2.92. The fourth-order valence-corrected chi connectivity index (χ4v) is 2.92. The first-order valence-corrected chi connectivity index (χ1v) is 8.97. The largest absolute Gasteiger partial charge is 0.444 e. The Morgan fingerprint density at radius 1 is 0.962 bits per heavy atom. The van der Waals surface area contributed by atoms with Gasteiger partial charge in [-0.2, -0.15) is 0 Å². The summed E-state index contributed by atoms with van der Waals surface area (Å²) in [5.74, 6) is -0.0174.